The Kier molecular flexibility index (Phi) is 8.05. The van der Waals surface area contributed by atoms with E-state index in [4.69, 9.17) is 25.8 Å². The summed E-state index contributed by atoms with van der Waals surface area (Å²) in [7, 11) is 1.45. The summed E-state index contributed by atoms with van der Waals surface area (Å²) in [5.74, 6) is 0.163. The summed E-state index contributed by atoms with van der Waals surface area (Å²) in [5.41, 5.74) is 5.51. The van der Waals surface area contributed by atoms with E-state index in [1.54, 1.807) is 42.5 Å². The fourth-order valence-electron chi connectivity index (χ4n) is 2.79. The summed E-state index contributed by atoms with van der Waals surface area (Å²) < 4.78 is 16.2. The minimum absolute atomic E-state index is 0.167. The summed E-state index contributed by atoms with van der Waals surface area (Å²) in [5, 5.41) is 4.22. The van der Waals surface area contributed by atoms with Gasteiger partial charge in [-0.2, -0.15) is 5.10 Å². The maximum atomic E-state index is 12.4. The number of esters is 1. The highest BCUT2D eigenvalue weighted by Crippen LogP contribution is 2.29. The van der Waals surface area contributed by atoms with E-state index in [0.29, 0.717) is 22.1 Å². The Bertz CT molecular complexity index is 1190. The maximum absolute atomic E-state index is 12.4. The van der Waals surface area contributed by atoms with Gasteiger partial charge in [0, 0.05) is 0 Å². The van der Waals surface area contributed by atoms with E-state index in [1.807, 2.05) is 32.0 Å². The predicted octanol–water partition coefficient (Wildman–Crippen LogP) is 4.71. The number of hydrazone groups is 1. The molecule has 0 aliphatic carbocycles. The first-order chi connectivity index (χ1) is 15.9. The number of carbonyl (C=O) groups excluding carboxylic acids is 2. The largest absolute Gasteiger partial charge is 0.493 e. The molecule has 170 valence electrons. The molecule has 0 atom stereocenters. The van der Waals surface area contributed by atoms with Crippen molar-refractivity contribution in [2.75, 3.05) is 13.7 Å². The molecule has 1 amide bonds. The van der Waals surface area contributed by atoms with Crippen LogP contribution in [0.1, 0.15) is 27.0 Å². The van der Waals surface area contributed by atoms with Crippen LogP contribution in [0.5, 0.6) is 17.2 Å². The molecule has 3 aromatic carbocycles. The first-order valence-corrected chi connectivity index (χ1v) is 10.4. The van der Waals surface area contributed by atoms with Crippen molar-refractivity contribution in [1.29, 1.82) is 0 Å². The summed E-state index contributed by atoms with van der Waals surface area (Å²) >= 11 is 6.04. The first-order valence-electron chi connectivity index (χ1n) is 10.0. The lowest BCUT2D eigenvalue weighted by Crippen LogP contribution is -2.24. The third-order valence-electron chi connectivity index (χ3n) is 4.74. The Hall–Kier alpha value is -3.84. The van der Waals surface area contributed by atoms with Crippen LogP contribution in [0.25, 0.3) is 0 Å². The molecular formula is C25H23ClN2O5. The molecule has 1 N–H and O–H groups in total. The Labute approximate surface area is 196 Å². The van der Waals surface area contributed by atoms with Gasteiger partial charge in [-0.1, -0.05) is 29.8 Å². The SMILES string of the molecule is COc1cc(/C=N/NC(=O)COc2ccc(C)c(C)c2)ccc1OC(=O)c1ccccc1Cl. The van der Waals surface area contributed by atoms with E-state index < -0.39 is 11.9 Å². The molecule has 0 aromatic heterocycles. The Morgan fingerprint density at radius 2 is 1.79 bits per heavy atom. The number of nitrogens with one attached hydrogen (secondary N) is 1. The molecule has 0 heterocycles. The van der Waals surface area contributed by atoms with Gasteiger partial charge in [0.25, 0.3) is 5.91 Å². The molecular weight excluding hydrogens is 444 g/mol. The van der Waals surface area contributed by atoms with Crippen LogP contribution < -0.4 is 19.6 Å². The van der Waals surface area contributed by atoms with Gasteiger partial charge in [0.1, 0.15) is 5.75 Å². The van der Waals surface area contributed by atoms with E-state index in [1.165, 1.54) is 13.3 Å². The highest BCUT2D eigenvalue weighted by molar-refractivity contribution is 6.33. The number of carbonyl (C=O) groups is 2. The average Bonchev–Trinajstić information content (AvgIpc) is 2.81. The molecule has 0 aliphatic rings. The van der Waals surface area contributed by atoms with Crippen LogP contribution in [0.3, 0.4) is 0 Å². The van der Waals surface area contributed by atoms with E-state index in [2.05, 4.69) is 10.5 Å². The molecule has 0 radical (unpaired) electrons. The molecule has 0 bridgehead atoms. The summed E-state index contributed by atoms with van der Waals surface area (Å²) in [6, 6.07) is 17.1. The quantitative estimate of drug-likeness (QED) is 0.225. The zero-order valence-corrected chi connectivity index (χ0v) is 19.2. The number of halogens is 1. The van der Waals surface area contributed by atoms with Gasteiger partial charge in [-0.15, -0.1) is 0 Å². The lowest BCUT2D eigenvalue weighted by atomic mass is 10.1. The molecule has 8 heteroatoms. The highest BCUT2D eigenvalue weighted by Gasteiger charge is 2.15. The predicted molar refractivity (Wildman–Crippen MR) is 127 cm³/mol. The van der Waals surface area contributed by atoms with Crippen molar-refractivity contribution in [2.24, 2.45) is 5.10 Å². The molecule has 3 rings (SSSR count). The number of methoxy groups -OCH3 is 1. The third kappa shape index (κ3) is 6.57. The zero-order chi connectivity index (χ0) is 23.8. The standard InChI is InChI=1S/C25H23ClN2O5/c1-16-8-10-19(12-17(16)2)32-15-24(29)28-27-14-18-9-11-22(23(13-18)31-3)33-25(30)20-6-4-5-7-21(20)26/h4-14H,15H2,1-3H3,(H,28,29)/b27-14+. The number of aryl methyl sites for hydroxylation is 2. The van der Waals surface area contributed by atoms with Gasteiger partial charge < -0.3 is 14.2 Å². The molecule has 0 aliphatic heterocycles. The maximum Gasteiger partial charge on any atom is 0.345 e. The number of hydrogen-bond acceptors (Lipinski definition) is 6. The Balaban J connectivity index is 1.57. The molecule has 7 nitrogen and oxygen atoms in total. The number of benzene rings is 3. The topological polar surface area (TPSA) is 86.2 Å². The monoisotopic (exact) mass is 466 g/mol. The lowest BCUT2D eigenvalue weighted by Gasteiger charge is -2.10. The number of ether oxygens (including phenoxy) is 3. The molecule has 0 saturated carbocycles. The second-order valence-electron chi connectivity index (χ2n) is 7.11. The number of rotatable bonds is 8. The second kappa shape index (κ2) is 11.2. The molecule has 0 saturated heterocycles. The first kappa shape index (κ1) is 23.8. The summed E-state index contributed by atoms with van der Waals surface area (Å²) in [4.78, 5) is 24.4. The summed E-state index contributed by atoms with van der Waals surface area (Å²) in [6.07, 6.45) is 1.44. The van der Waals surface area contributed by atoms with E-state index in [0.717, 1.165) is 11.1 Å². The Morgan fingerprint density at radius 1 is 1.00 bits per heavy atom. The fraction of sp³-hybridized carbons (Fsp3) is 0.160. The van der Waals surface area contributed by atoms with Crippen LogP contribution in [-0.2, 0) is 4.79 Å². The van der Waals surface area contributed by atoms with Crippen LogP contribution >= 0.6 is 11.6 Å². The minimum atomic E-state index is -0.601. The number of nitrogens with zero attached hydrogens (tertiary/aromatic N) is 1. The van der Waals surface area contributed by atoms with Gasteiger partial charge in [0.15, 0.2) is 18.1 Å². The zero-order valence-electron chi connectivity index (χ0n) is 18.4. The molecule has 0 spiro atoms. The molecule has 33 heavy (non-hydrogen) atoms. The van der Waals surface area contributed by atoms with Crippen molar-refractivity contribution in [2.45, 2.75) is 13.8 Å². The molecule has 0 unspecified atom stereocenters. The van der Waals surface area contributed by atoms with Crippen molar-refractivity contribution in [1.82, 2.24) is 5.43 Å². The van der Waals surface area contributed by atoms with Crippen LogP contribution in [0.15, 0.2) is 65.8 Å². The lowest BCUT2D eigenvalue weighted by molar-refractivity contribution is -0.123. The Morgan fingerprint density at radius 3 is 2.52 bits per heavy atom. The minimum Gasteiger partial charge on any atom is -0.493 e. The van der Waals surface area contributed by atoms with Crippen molar-refractivity contribution in [3.05, 3.63) is 87.9 Å². The molecule has 0 fully saturated rings. The highest BCUT2D eigenvalue weighted by atomic mass is 35.5. The van der Waals surface area contributed by atoms with Crippen LogP contribution in [0, 0.1) is 13.8 Å². The number of amides is 1. The third-order valence-corrected chi connectivity index (χ3v) is 5.06. The average molecular weight is 467 g/mol. The van der Waals surface area contributed by atoms with Gasteiger partial charge in [0.2, 0.25) is 0 Å². The van der Waals surface area contributed by atoms with Crippen LogP contribution in [0.4, 0.5) is 0 Å². The van der Waals surface area contributed by atoms with Crippen molar-refractivity contribution < 1.29 is 23.8 Å². The van der Waals surface area contributed by atoms with Gasteiger partial charge >= 0.3 is 5.97 Å². The number of hydrogen-bond donors (Lipinski definition) is 1. The van der Waals surface area contributed by atoms with Crippen LogP contribution in [0.2, 0.25) is 5.02 Å². The second-order valence-corrected chi connectivity index (χ2v) is 7.51. The van der Waals surface area contributed by atoms with Gasteiger partial charge in [-0.3, -0.25) is 4.79 Å². The van der Waals surface area contributed by atoms with Gasteiger partial charge in [-0.25, -0.2) is 10.2 Å². The van der Waals surface area contributed by atoms with Gasteiger partial charge in [-0.05, 0) is 73.0 Å². The van der Waals surface area contributed by atoms with E-state index >= 15 is 0 Å². The van der Waals surface area contributed by atoms with Gasteiger partial charge in [0.05, 0.1) is 23.9 Å². The van der Waals surface area contributed by atoms with Crippen LogP contribution in [-0.4, -0.2) is 31.8 Å². The fourth-order valence-corrected chi connectivity index (χ4v) is 3.01. The summed E-state index contributed by atoms with van der Waals surface area (Å²) in [6.45, 7) is 3.81. The smallest absolute Gasteiger partial charge is 0.345 e. The van der Waals surface area contributed by atoms with E-state index in [9.17, 15) is 9.59 Å². The normalized spacial score (nSPS) is 10.7. The molecule has 3 aromatic rings. The van der Waals surface area contributed by atoms with Crippen molar-refractivity contribution in [3.63, 3.8) is 0 Å². The van der Waals surface area contributed by atoms with Crippen molar-refractivity contribution in [3.8, 4) is 17.2 Å². The van der Waals surface area contributed by atoms with E-state index in [-0.39, 0.29) is 17.9 Å². The van der Waals surface area contributed by atoms with Crippen molar-refractivity contribution >= 4 is 29.7 Å².